The van der Waals surface area contributed by atoms with Crippen LogP contribution in [0.25, 0.3) is 11.0 Å². The Kier molecular flexibility index (Phi) is 4.17. The Morgan fingerprint density at radius 3 is 2.67 bits per heavy atom. The highest BCUT2D eigenvalue weighted by Gasteiger charge is 2.18. The molecule has 0 radical (unpaired) electrons. The number of aryl methyl sites for hydroxylation is 1. The number of hydrogen-bond donors (Lipinski definition) is 1. The van der Waals surface area contributed by atoms with Crippen molar-refractivity contribution in [2.75, 3.05) is 26.2 Å². The Morgan fingerprint density at radius 2 is 1.96 bits per heavy atom. The van der Waals surface area contributed by atoms with Crippen molar-refractivity contribution in [1.29, 1.82) is 0 Å². The fourth-order valence-electron chi connectivity index (χ4n) is 3.11. The van der Waals surface area contributed by atoms with Gasteiger partial charge in [-0.05, 0) is 22.4 Å². The van der Waals surface area contributed by atoms with E-state index in [4.69, 9.17) is 0 Å². The van der Waals surface area contributed by atoms with Crippen LogP contribution < -0.4 is 5.56 Å². The van der Waals surface area contributed by atoms with Crippen LogP contribution in [0.4, 0.5) is 0 Å². The van der Waals surface area contributed by atoms with Crippen LogP contribution in [-0.2, 0) is 20.1 Å². The Balaban J connectivity index is 1.40. The molecule has 0 bridgehead atoms. The number of rotatable bonds is 4. The molecule has 4 rings (SSSR count). The molecule has 3 aromatic rings. The number of thiophene rings is 1. The van der Waals surface area contributed by atoms with Gasteiger partial charge in [0.2, 0.25) is 0 Å². The van der Waals surface area contributed by atoms with Gasteiger partial charge in [-0.25, -0.2) is 4.98 Å². The number of nitrogens with one attached hydrogen (secondary N) is 1. The first-order valence-electron chi connectivity index (χ1n) is 8.06. The number of aromatic amines is 1. The van der Waals surface area contributed by atoms with E-state index in [-0.39, 0.29) is 5.56 Å². The van der Waals surface area contributed by atoms with Crippen molar-refractivity contribution in [3.8, 4) is 0 Å². The van der Waals surface area contributed by atoms with Crippen LogP contribution in [0.3, 0.4) is 0 Å². The third kappa shape index (κ3) is 3.12. The Labute approximate surface area is 143 Å². The largest absolute Gasteiger partial charge is 0.309 e. The Bertz CT molecular complexity index is 876. The van der Waals surface area contributed by atoms with Gasteiger partial charge in [-0.2, -0.15) is 16.4 Å². The fraction of sp³-hybridized carbons (Fsp3) is 0.438. The molecule has 3 aromatic heterocycles. The van der Waals surface area contributed by atoms with E-state index in [9.17, 15) is 4.79 Å². The molecule has 0 spiro atoms. The van der Waals surface area contributed by atoms with Crippen molar-refractivity contribution < 1.29 is 0 Å². The van der Waals surface area contributed by atoms with Crippen molar-refractivity contribution in [2.45, 2.75) is 13.1 Å². The summed E-state index contributed by atoms with van der Waals surface area (Å²) in [7, 11) is 1.81. The van der Waals surface area contributed by atoms with Crippen LogP contribution >= 0.6 is 11.3 Å². The lowest BCUT2D eigenvalue weighted by Crippen LogP contribution is -2.45. The van der Waals surface area contributed by atoms with Gasteiger partial charge in [0, 0.05) is 39.8 Å². The lowest BCUT2D eigenvalue weighted by atomic mass is 10.2. The summed E-state index contributed by atoms with van der Waals surface area (Å²) in [5.74, 6) is 0.711. The molecule has 8 heteroatoms. The minimum atomic E-state index is -0.112. The maximum atomic E-state index is 12.1. The summed E-state index contributed by atoms with van der Waals surface area (Å²) in [6, 6.07) is 2.19. The van der Waals surface area contributed by atoms with Crippen LogP contribution in [0, 0.1) is 0 Å². The standard InChI is InChI=1S/C16H20N6OS/c1-20-15-13(8-17-20)16(23)19-14(18-15)10-22-5-3-21(4-6-22)9-12-2-7-24-11-12/h2,7-8,11H,3-6,9-10H2,1H3,(H,18,19,23). The first-order valence-corrected chi connectivity index (χ1v) is 9.00. The second-order valence-electron chi connectivity index (χ2n) is 6.20. The number of nitrogens with zero attached hydrogens (tertiary/aromatic N) is 5. The van der Waals surface area contributed by atoms with E-state index in [1.165, 1.54) is 5.56 Å². The second kappa shape index (κ2) is 6.46. The molecule has 1 aliphatic heterocycles. The highest BCUT2D eigenvalue weighted by molar-refractivity contribution is 7.07. The van der Waals surface area contributed by atoms with Crippen molar-refractivity contribution >= 4 is 22.4 Å². The maximum Gasteiger partial charge on any atom is 0.262 e. The van der Waals surface area contributed by atoms with Gasteiger partial charge in [0.15, 0.2) is 5.65 Å². The summed E-state index contributed by atoms with van der Waals surface area (Å²) in [4.78, 5) is 24.4. The van der Waals surface area contributed by atoms with E-state index in [1.807, 2.05) is 7.05 Å². The van der Waals surface area contributed by atoms with E-state index in [1.54, 1.807) is 22.2 Å². The van der Waals surface area contributed by atoms with E-state index in [2.05, 4.69) is 41.7 Å². The molecule has 0 aromatic carbocycles. The molecule has 1 aliphatic rings. The van der Waals surface area contributed by atoms with Gasteiger partial charge in [-0.15, -0.1) is 0 Å². The van der Waals surface area contributed by atoms with Crippen molar-refractivity contribution in [2.24, 2.45) is 7.05 Å². The van der Waals surface area contributed by atoms with Crippen LogP contribution in [0.15, 0.2) is 27.8 Å². The topological polar surface area (TPSA) is 70.1 Å². The summed E-state index contributed by atoms with van der Waals surface area (Å²) >= 11 is 1.75. The number of aromatic nitrogens is 4. The van der Waals surface area contributed by atoms with Crippen molar-refractivity contribution in [3.05, 3.63) is 44.8 Å². The van der Waals surface area contributed by atoms with Gasteiger partial charge in [-0.3, -0.25) is 19.3 Å². The smallest absolute Gasteiger partial charge is 0.262 e. The SMILES string of the molecule is Cn1ncc2c(=O)[nH]c(CN3CCN(Cc4ccsc4)CC3)nc21. The monoisotopic (exact) mass is 344 g/mol. The highest BCUT2D eigenvalue weighted by atomic mass is 32.1. The zero-order valence-corrected chi connectivity index (χ0v) is 14.4. The predicted molar refractivity (Wildman–Crippen MR) is 94.0 cm³/mol. The molecule has 24 heavy (non-hydrogen) atoms. The zero-order chi connectivity index (χ0) is 16.5. The second-order valence-corrected chi connectivity index (χ2v) is 6.98. The number of H-pyrrole nitrogens is 1. The highest BCUT2D eigenvalue weighted by Crippen LogP contribution is 2.13. The van der Waals surface area contributed by atoms with E-state index >= 15 is 0 Å². The first kappa shape index (κ1) is 15.5. The van der Waals surface area contributed by atoms with Gasteiger partial charge < -0.3 is 4.98 Å². The molecule has 7 nitrogen and oxygen atoms in total. The number of fused-ring (bicyclic) bond motifs is 1. The van der Waals surface area contributed by atoms with Gasteiger partial charge in [-0.1, -0.05) is 0 Å². The summed E-state index contributed by atoms with van der Waals surface area (Å²) < 4.78 is 1.65. The lowest BCUT2D eigenvalue weighted by Gasteiger charge is -2.34. The lowest BCUT2D eigenvalue weighted by molar-refractivity contribution is 0.120. The molecule has 1 fully saturated rings. The minimum Gasteiger partial charge on any atom is -0.309 e. The Morgan fingerprint density at radius 1 is 1.21 bits per heavy atom. The predicted octanol–water partition coefficient (Wildman–Crippen LogP) is 1.04. The number of piperazine rings is 1. The Hall–Kier alpha value is -2.03. The zero-order valence-electron chi connectivity index (χ0n) is 13.6. The van der Waals surface area contributed by atoms with E-state index in [0.29, 0.717) is 23.4 Å². The molecule has 0 atom stereocenters. The van der Waals surface area contributed by atoms with Gasteiger partial charge >= 0.3 is 0 Å². The average Bonchev–Trinajstić information content (AvgIpc) is 3.20. The van der Waals surface area contributed by atoms with E-state index < -0.39 is 0 Å². The number of hydrogen-bond acceptors (Lipinski definition) is 6. The summed E-state index contributed by atoms with van der Waals surface area (Å²) in [5.41, 5.74) is 1.92. The van der Waals surface area contributed by atoms with Crippen LogP contribution in [0.5, 0.6) is 0 Å². The van der Waals surface area contributed by atoms with Crippen molar-refractivity contribution in [1.82, 2.24) is 29.5 Å². The third-order valence-corrected chi connectivity index (χ3v) is 5.21. The molecule has 1 N–H and O–H groups in total. The van der Waals surface area contributed by atoms with Crippen LogP contribution in [0.2, 0.25) is 0 Å². The molecular formula is C16H20N6OS. The van der Waals surface area contributed by atoms with Gasteiger partial charge in [0.05, 0.1) is 12.7 Å². The molecule has 0 saturated carbocycles. The fourth-order valence-corrected chi connectivity index (χ4v) is 3.77. The normalized spacial score (nSPS) is 16.9. The summed E-state index contributed by atoms with van der Waals surface area (Å²) in [6.07, 6.45) is 1.56. The first-order chi connectivity index (χ1) is 11.7. The van der Waals surface area contributed by atoms with Crippen LogP contribution in [-0.4, -0.2) is 55.7 Å². The molecule has 0 aliphatic carbocycles. The molecular weight excluding hydrogens is 324 g/mol. The molecule has 4 heterocycles. The van der Waals surface area contributed by atoms with Crippen LogP contribution in [0.1, 0.15) is 11.4 Å². The third-order valence-electron chi connectivity index (χ3n) is 4.48. The summed E-state index contributed by atoms with van der Waals surface area (Å²) in [5, 5.41) is 8.99. The van der Waals surface area contributed by atoms with E-state index in [0.717, 1.165) is 32.7 Å². The maximum absolute atomic E-state index is 12.1. The molecule has 1 saturated heterocycles. The minimum absolute atomic E-state index is 0.112. The molecule has 126 valence electrons. The molecule has 0 amide bonds. The quantitative estimate of drug-likeness (QED) is 0.766. The molecule has 0 unspecified atom stereocenters. The average molecular weight is 344 g/mol. The summed E-state index contributed by atoms with van der Waals surface area (Å²) in [6.45, 7) is 5.73. The van der Waals surface area contributed by atoms with Gasteiger partial charge in [0.25, 0.3) is 5.56 Å². The van der Waals surface area contributed by atoms with Crippen molar-refractivity contribution in [3.63, 3.8) is 0 Å². The van der Waals surface area contributed by atoms with Gasteiger partial charge in [0.1, 0.15) is 11.2 Å².